The third-order valence-electron chi connectivity index (χ3n) is 4.42. The molecule has 0 radical (unpaired) electrons. The van der Waals surface area contributed by atoms with Crippen LogP contribution >= 0.6 is 11.6 Å². The number of hydrazone groups is 1. The minimum atomic E-state index is -0.281. The van der Waals surface area contributed by atoms with Gasteiger partial charge < -0.3 is 14.4 Å². The molecule has 0 aliphatic heterocycles. The second kappa shape index (κ2) is 12.1. The maximum atomic E-state index is 12.4. The predicted molar refractivity (Wildman–Crippen MR) is 123 cm³/mol. The number of amides is 1. The number of nitrogens with one attached hydrogen (secondary N) is 1. The molecular weight excluding hydrogens is 402 g/mol. The molecule has 162 valence electrons. The highest BCUT2D eigenvalue weighted by molar-refractivity contribution is 6.32. The van der Waals surface area contributed by atoms with E-state index in [1.54, 1.807) is 24.3 Å². The summed E-state index contributed by atoms with van der Waals surface area (Å²) in [7, 11) is 0. The quantitative estimate of drug-likeness (QED) is 0.395. The molecule has 30 heavy (non-hydrogen) atoms. The maximum Gasteiger partial charge on any atom is 0.271 e. The van der Waals surface area contributed by atoms with E-state index in [1.165, 1.54) is 6.21 Å². The van der Waals surface area contributed by atoms with Crippen LogP contribution in [0.3, 0.4) is 0 Å². The van der Waals surface area contributed by atoms with Crippen molar-refractivity contribution >= 4 is 29.4 Å². The number of ether oxygens (including phenoxy) is 2. The monoisotopic (exact) mass is 431 g/mol. The van der Waals surface area contributed by atoms with Gasteiger partial charge in [0.25, 0.3) is 5.91 Å². The van der Waals surface area contributed by atoms with Crippen LogP contribution in [0.1, 0.15) is 50.0 Å². The third kappa shape index (κ3) is 6.39. The molecular formula is C23H30ClN3O3. The van der Waals surface area contributed by atoms with Crippen molar-refractivity contribution in [2.45, 2.75) is 34.1 Å². The second-order valence-electron chi connectivity index (χ2n) is 6.53. The molecule has 0 heterocycles. The summed E-state index contributed by atoms with van der Waals surface area (Å²) < 4.78 is 11.3. The standard InChI is InChI=1S/C23H30ClN3O3/c1-5-13-30-22-20(24)14-17(15-21(22)29-8-4)16-25-26-23(28)18-9-11-19(12-10-18)27(6-2)7-3/h9-12,14-16H,5-8,13H2,1-4H3,(H,26,28)/b25-16+. The zero-order valence-corrected chi connectivity index (χ0v) is 18.8. The van der Waals surface area contributed by atoms with E-state index in [0.29, 0.717) is 40.9 Å². The van der Waals surface area contributed by atoms with Gasteiger partial charge in [0, 0.05) is 24.3 Å². The Labute approximate surface area is 183 Å². The summed E-state index contributed by atoms with van der Waals surface area (Å²) in [6.45, 7) is 11.0. The third-order valence-corrected chi connectivity index (χ3v) is 4.70. The zero-order valence-electron chi connectivity index (χ0n) is 18.1. The van der Waals surface area contributed by atoms with Gasteiger partial charge in [-0.1, -0.05) is 18.5 Å². The van der Waals surface area contributed by atoms with Crippen molar-refractivity contribution < 1.29 is 14.3 Å². The van der Waals surface area contributed by atoms with E-state index in [9.17, 15) is 4.79 Å². The zero-order chi connectivity index (χ0) is 21.9. The number of hydrogen-bond acceptors (Lipinski definition) is 5. The summed E-state index contributed by atoms with van der Waals surface area (Å²) in [6.07, 6.45) is 2.40. The molecule has 2 aromatic carbocycles. The van der Waals surface area contributed by atoms with Gasteiger partial charge in [0.15, 0.2) is 11.5 Å². The summed E-state index contributed by atoms with van der Waals surface area (Å²) in [5, 5.41) is 4.49. The average molecular weight is 432 g/mol. The molecule has 0 fully saturated rings. The topological polar surface area (TPSA) is 63.2 Å². The molecule has 0 aliphatic rings. The molecule has 2 aromatic rings. The number of halogens is 1. The lowest BCUT2D eigenvalue weighted by Crippen LogP contribution is -2.22. The minimum Gasteiger partial charge on any atom is -0.490 e. The number of carbonyl (C=O) groups excluding carboxylic acids is 1. The van der Waals surface area contributed by atoms with E-state index < -0.39 is 0 Å². The second-order valence-corrected chi connectivity index (χ2v) is 6.94. The van der Waals surface area contributed by atoms with Crippen LogP contribution in [0.2, 0.25) is 5.02 Å². The van der Waals surface area contributed by atoms with E-state index in [1.807, 2.05) is 26.0 Å². The molecule has 1 N–H and O–H groups in total. The summed E-state index contributed by atoms with van der Waals surface area (Å²) >= 11 is 6.35. The Kier molecular flexibility index (Phi) is 9.48. The molecule has 1 amide bonds. The van der Waals surface area contributed by atoms with Gasteiger partial charge in [0.2, 0.25) is 0 Å². The average Bonchev–Trinajstić information content (AvgIpc) is 2.75. The highest BCUT2D eigenvalue weighted by Crippen LogP contribution is 2.36. The lowest BCUT2D eigenvalue weighted by atomic mass is 10.2. The molecule has 6 nitrogen and oxygen atoms in total. The smallest absolute Gasteiger partial charge is 0.271 e. The van der Waals surface area contributed by atoms with E-state index in [0.717, 1.165) is 25.2 Å². The molecule has 0 aromatic heterocycles. The molecule has 2 rings (SSSR count). The first-order valence-corrected chi connectivity index (χ1v) is 10.7. The molecule has 0 saturated heterocycles. The van der Waals surface area contributed by atoms with E-state index >= 15 is 0 Å². The number of carbonyl (C=O) groups is 1. The Morgan fingerprint density at radius 2 is 1.80 bits per heavy atom. The molecule has 7 heteroatoms. The van der Waals surface area contributed by atoms with Crippen LogP contribution in [0, 0.1) is 0 Å². The Hall–Kier alpha value is -2.73. The van der Waals surface area contributed by atoms with Crippen LogP contribution in [-0.2, 0) is 0 Å². The number of nitrogens with zero attached hydrogens (tertiary/aromatic N) is 2. The van der Waals surface area contributed by atoms with Crippen molar-refractivity contribution in [3.05, 3.63) is 52.5 Å². The first-order valence-electron chi connectivity index (χ1n) is 10.3. The Morgan fingerprint density at radius 1 is 1.10 bits per heavy atom. The van der Waals surface area contributed by atoms with Gasteiger partial charge in [-0.15, -0.1) is 0 Å². The predicted octanol–water partition coefficient (Wildman–Crippen LogP) is 5.14. The minimum absolute atomic E-state index is 0.281. The first-order chi connectivity index (χ1) is 14.5. The largest absolute Gasteiger partial charge is 0.490 e. The molecule has 0 bridgehead atoms. The summed E-state index contributed by atoms with van der Waals surface area (Å²) in [5.74, 6) is 0.796. The first kappa shape index (κ1) is 23.5. The van der Waals surface area contributed by atoms with Crippen molar-refractivity contribution in [3.8, 4) is 11.5 Å². The van der Waals surface area contributed by atoms with Crippen LogP contribution in [0.25, 0.3) is 0 Å². The van der Waals surface area contributed by atoms with Gasteiger partial charge in [-0.25, -0.2) is 5.43 Å². The lowest BCUT2D eigenvalue weighted by molar-refractivity contribution is 0.0955. The van der Waals surface area contributed by atoms with E-state index in [-0.39, 0.29) is 5.91 Å². The number of rotatable bonds is 11. The highest BCUT2D eigenvalue weighted by atomic mass is 35.5. The van der Waals surface area contributed by atoms with E-state index in [4.69, 9.17) is 21.1 Å². The number of benzene rings is 2. The van der Waals surface area contributed by atoms with Crippen LogP contribution in [-0.4, -0.2) is 38.4 Å². The fraction of sp³-hybridized carbons (Fsp3) is 0.391. The van der Waals surface area contributed by atoms with Crippen molar-refractivity contribution in [1.29, 1.82) is 0 Å². The maximum absolute atomic E-state index is 12.4. The molecule has 0 atom stereocenters. The van der Waals surface area contributed by atoms with Gasteiger partial charge >= 0.3 is 0 Å². The molecule has 0 saturated carbocycles. The van der Waals surface area contributed by atoms with Gasteiger partial charge in [0.05, 0.1) is 24.5 Å². The van der Waals surface area contributed by atoms with Crippen molar-refractivity contribution in [1.82, 2.24) is 5.43 Å². The van der Waals surface area contributed by atoms with Crippen LogP contribution in [0.5, 0.6) is 11.5 Å². The van der Waals surface area contributed by atoms with E-state index in [2.05, 4.69) is 29.3 Å². The Bertz CT molecular complexity index is 850. The van der Waals surface area contributed by atoms with Crippen LogP contribution in [0.4, 0.5) is 5.69 Å². The number of anilines is 1. The summed E-state index contributed by atoms with van der Waals surface area (Å²) in [5.41, 5.74) is 4.87. The van der Waals surface area contributed by atoms with Gasteiger partial charge in [-0.3, -0.25) is 4.79 Å². The van der Waals surface area contributed by atoms with Gasteiger partial charge in [0.1, 0.15) is 0 Å². The SMILES string of the molecule is CCCOc1c(Cl)cc(/C=N/NC(=O)c2ccc(N(CC)CC)cc2)cc1OCC. The van der Waals surface area contributed by atoms with Crippen LogP contribution in [0.15, 0.2) is 41.5 Å². The fourth-order valence-corrected chi connectivity index (χ4v) is 3.19. The van der Waals surface area contributed by atoms with Crippen molar-refractivity contribution in [2.75, 3.05) is 31.2 Å². The molecule has 0 aliphatic carbocycles. The van der Waals surface area contributed by atoms with Gasteiger partial charge in [-0.2, -0.15) is 5.10 Å². The normalized spacial score (nSPS) is 10.8. The molecule has 0 unspecified atom stereocenters. The highest BCUT2D eigenvalue weighted by Gasteiger charge is 2.12. The van der Waals surface area contributed by atoms with Gasteiger partial charge in [-0.05, 0) is 69.2 Å². The molecule has 0 spiro atoms. The Balaban J connectivity index is 2.07. The summed E-state index contributed by atoms with van der Waals surface area (Å²) in [6, 6.07) is 11.0. The summed E-state index contributed by atoms with van der Waals surface area (Å²) in [4.78, 5) is 14.6. The van der Waals surface area contributed by atoms with Crippen molar-refractivity contribution in [2.24, 2.45) is 5.10 Å². The Morgan fingerprint density at radius 3 is 2.40 bits per heavy atom. The van der Waals surface area contributed by atoms with Crippen molar-refractivity contribution in [3.63, 3.8) is 0 Å². The lowest BCUT2D eigenvalue weighted by Gasteiger charge is -2.20. The van der Waals surface area contributed by atoms with Crippen LogP contribution < -0.4 is 19.8 Å². The number of hydrogen-bond donors (Lipinski definition) is 1. The fourth-order valence-electron chi connectivity index (χ4n) is 2.91.